The van der Waals surface area contributed by atoms with Crippen molar-refractivity contribution in [3.05, 3.63) is 80.9 Å². The molecule has 0 aliphatic carbocycles. The number of benzene rings is 2. The Balaban J connectivity index is 2.00. The minimum absolute atomic E-state index is 0.376. The second-order valence-electron chi connectivity index (χ2n) is 6.61. The van der Waals surface area contributed by atoms with Crippen molar-refractivity contribution < 1.29 is 8.83 Å². The lowest BCUT2D eigenvalue weighted by atomic mass is 10.0. The van der Waals surface area contributed by atoms with Gasteiger partial charge in [-0.05, 0) is 38.5 Å². The molecule has 0 atom stereocenters. The SMILES string of the molecule is Cc1ccc(Nc2oc3cc(C)oc(=O)c3c2-c2ccccc2Cl)c(C)c1. The number of halogens is 1. The predicted octanol–water partition coefficient (Wildman–Crippen LogP) is 6.38. The van der Waals surface area contributed by atoms with E-state index in [0.717, 1.165) is 11.3 Å². The van der Waals surface area contributed by atoms with Gasteiger partial charge in [-0.25, -0.2) is 4.79 Å². The van der Waals surface area contributed by atoms with Crippen molar-refractivity contribution in [3.8, 4) is 11.1 Å². The van der Waals surface area contributed by atoms with Gasteiger partial charge in [-0.1, -0.05) is 47.5 Å². The van der Waals surface area contributed by atoms with Gasteiger partial charge < -0.3 is 14.2 Å². The molecule has 136 valence electrons. The van der Waals surface area contributed by atoms with Crippen LogP contribution in [0.3, 0.4) is 0 Å². The molecule has 27 heavy (non-hydrogen) atoms. The predicted molar refractivity (Wildman–Crippen MR) is 109 cm³/mol. The minimum Gasteiger partial charge on any atom is -0.439 e. The second kappa shape index (κ2) is 6.63. The van der Waals surface area contributed by atoms with Crippen molar-refractivity contribution >= 4 is 34.1 Å². The van der Waals surface area contributed by atoms with E-state index in [9.17, 15) is 4.79 Å². The van der Waals surface area contributed by atoms with Crippen molar-refractivity contribution in [3.63, 3.8) is 0 Å². The summed E-state index contributed by atoms with van der Waals surface area (Å²) in [6.07, 6.45) is 0. The molecule has 2 heterocycles. The highest BCUT2D eigenvalue weighted by atomic mass is 35.5. The fourth-order valence-electron chi connectivity index (χ4n) is 3.25. The lowest BCUT2D eigenvalue weighted by molar-refractivity contribution is 0.485. The van der Waals surface area contributed by atoms with E-state index >= 15 is 0 Å². The molecule has 0 spiro atoms. The Kier molecular flexibility index (Phi) is 4.28. The van der Waals surface area contributed by atoms with Gasteiger partial charge in [0.1, 0.15) is 16.7 Å². The Morgan fingerprint density at radius 1 is 0.963 bits per heavy atom. The van der Waals surface area contributed by atoms with Crippen LogP contribution in [0.4, 0.5) is 11.6 Å². The lowest BCUT2D eigenvalue weighted by Crippen LogP contribution is -2.01. The van der Waals surface area contributed by atoms with Gasteiger partial charge in [-0.3, -0.25) is 0 Å². The molecule has 4 aromatic rings. The largest absolute Gasteiger partial charge is 0.439 e. The van der Waals surface area contributed by atoms with Crippen LogP contribution in [0, 0.1) is 20.8 Å². The molecule has 0 aliphatic rings. The Morgan fingerprint density at radius 3 is 2.48 bits per heavy atom. The van der Waals surface area contributed by atoms with Gasteiger partial charge in [0.25, 0.3) is 0 Å². The number of furan rings is 1. The molecule has 0 unspecified atom stereocenters. The molecule has 0 amide bonds. The van der Waals surface area contributed by atoms with Crippen molar-refractivity contribution in [2.24, 2.45) is 0 Å². The van der Waals surface area contributed by atoms with Gasteiger partial charge >= 0.3 is 5.63 Å². The van der Waals surface area contributed by atoms with Crippen LogP contribution in [-0.2, 0) is 0 Å². The summed E-state index contributed by atoms with van der Waals surface area (Å²) in [5.41, 5.74) is 4.47. The van der Waals surface area contributed by atoms with E-state index in [-0.39, 0.29) is 0 Å². The molecule has 2 aromatic carbocycles. The number of hydrogen-bond acceptors (Lipinski definition) is 4. The number of fused-ring (bicyclic) bond motifs is 1. The molecule has 0 bridgehead atoms. The molecule has 0 aliphatic heterocycles. The van der Waals surface area contributed by atoms with Crippen LogP contribution >= 0.6 is 11.6 Å². The standard InChI is InChI=1S/C22H18ClNO3/c1-12-8-9-17(13(2)10-12)24-21-19(15-6-4-5-7-16(15)23)20-18(27-21)11-14(3)26-22(20)25/h4-11,24H,1-3H3. The van der Waals surface area contributed by atoms with Gasteiger partial charge in [-0.15, -0.1) is 0 Å². The summed E-state index contributed by atoms with van der Waals surface area (Å²) >= 11 is 6.42. The molecule has 0 saturated carbocycles. The summed E-state index contributed by atoms with van der Waals surface area (Å²) in [7, 11) is 0. The maximum absolute atomic E-state index is 12.6. The topological polar surface area (TPSA) is 55.4 Å². The first-order chi connectivity index (χ1) is 12.9. The third kappa shape index (κ3) is 3.13. The van der Waals surface area contributed by atoms with E-state index in [1.54, 1.807) is 19.1 Å². The summed E-state index contributed by atoms with van der Waals surface area (Å²) in [5, 5.41) is 4.23. The molecule has 5 heteroatoms. The van der Waals surface area contributed by atoms with Crippen molar-refractivity contribution in [1.82, 2.24) is 0 Å². The first-order valence-corrected chi connectivity index (χ1v) is 8.98. The zero-order valence-electron chi connectivity index (χ0n) is 15.2. The molecule has 0 radical (unpaired) electrons. The van der Waals surface area contributed by atoms with Gasteiger partial charge in [0, 0.05) is 22.3 Å². The fourth-order valence-corrected chi connectivity index (χ4v) is 3.48. The van der Waals surface area contributed by atoms with Crippen LogP contribution in [0.5, 0.6) is 0 Å². The Labute approximate surface area is 161 Å². The zero-order valence-corrected chi connectivity index (χ0v) is 16.0. The van der Waals surface area contributed by atoms with Crippen LogP contribution in [-0.4, -0.2) is 0 Å². The highest BCUT2D eigenvalue weighted by Gasteiger charge is 2.22. The Morgan fingerprint density at radius 2 is 1.74 bits per heavy atom. The van der Waals surface area contributed by atoms with E-state index in [4.69, 9.17) is 20.4 Å². The zero-order chi connectivity index (χ0) is 19.1. The van der Waals surface area contributed by atoms with Crippen molar-refractivity contribution in [1.29, 1.82) is 0 Å². The van der Waals surface area contributed by atoms with Crippen molar-refractivity contribution in [2.75, 3.05) is 5.32 Å². The van der Waals surface area contributed by atoms with Crippen molar-refractivity contribution in [2.45, 2.75) is 20.8 Å². The summed E-state index contributed by atoms with van der Waals surface area (Å²) < 4.78 is 11.3. The number of aryl methyl sites for hydroxylation is 3. The first-order valence-electron chi connectivity index (χ1n) is 8.60. The lowest BCUT2D eigenvalue weighted by Gasteiger charge is -2.10. The average Bonchev–Trinajstić information content (AvgIpc) is 2.96. The highest BCUT2D eigenvalue weighted by Crippen LogP contribution is 2.41. The average molecular weight is 380 g/mol. The monoisotopic (exact) mass is 379 g/mol. The van der Waals surface area contributed by atoms with Gasteiger partial charge in [0.05, 0.1) is 5.56 Å². The molecule has 1 N–H and O–H groups in total. The molecule has 4 rings (SSSR count). The normalized spacial score (nSPS) is 11.1. The summed E-state index contributed by atoms with van der Waals surface area (Å²) in [5.74, 6) is 0.952. The number of nitrogens with one attached hydrogen (secondary N) is 1. The number of rotatable bonds is 3. The molecule has 4 nitrogen and oxygen atoms in total. The van der Waals surface area contributed by atoms with Crippen LogP contribution in [0.1, 0.15) is 16.9 Å². The molecule has 0 saturated heterocycles. The smallest absolute Gasteiger partial charge is 0.347 e. The quantitative estimate of drug-likeness (QED) is 0.449. The Hall–Kier alpha value is -2.98. The maximum Gasteiger partial charge on any atom is 0.347 e. The van der Waals surface area contributed by atoms with Crippen LogP contribution in [0.2, 0.25) is 5.02 Å². The number of hydrogen-bond donors (Lipinski definition) is 1. The fraction of sp³-hybridized carbons (Fsp3) is 0.136. The molecule has 2 aromatic heterocycles. The highest BCUT2D eigenvalue weighted by molar-refractivity contribution is 6.34. The van der Waals surface area contributed by atoms with Gasteiger partial charge in [0.15, 0.2) is 0 Å². The third-order valence-electron chi connectivity index (χ3n) is 4.50. The summed E-state index contributed by atoms with van der Waals surface area (Å²) in [6.45, 7) is 5.78. The van der Waals surface area contributed by atoms with Gasteiger partial charge in [0.2, 0.25) is 5.88 Å². The summed E-state index contributed by atoms with van der Waals surface area (Å²) in [4.78, 5) is 12.6. The maximum atomic E-state index is 12.6. The molecular formula is C22H18ClNO3. The van der Waals surface area contributed by atoms with Crippen LogP contribution in [0.25, 0.3) is 22.1 Å². The van der Waals surface area contributed by atoms with E-state index in [2.05, 4.69) is 11.4 Å². The van der Waals surface area contributed by atoms with E-state index < -0.39 is 5.63 Å². The number of anilines is 2. The van der Waals surface area contributed by atoms with E-state index in [1.165, 1.54) is 5.56 Å². The summed E-state index contributed by atoms with van der Waals surface area (Å²) in [6, 6.07) is 15.2. The van der Waals surface area contributed by atoms with Gasteiger partial charge in [-0.2, -0.15) is 0 Å². The first kappa shape index (κ1) is 17.4. The third-order valence-corrected chi connectivity index (χ3v) is 4.83. The van der Waals surface area contributed by atoms with E-state index in [0.29, 0.717) is 38.8 Å². The minimum atomic E-state index is -0.447. The van der Waals surface area contributed by atoms with Crippen LogP contribution < -0.4 is 10.9 Å². The Bertz CT molecular complexity index is 1220. The van der Waals surface area contributed by atoms with E-state index in [1.807, 2.05) is 44.2 Å². The molecular weight excluding hydrogens is 362 g/mol. The second-order valence-corrected chi connectivity index (χ2v) is 7.02. The van der Waals surface area contributed by atoms with Crippen LogP contribution in [0.15, 0.2) is 62.2 Å². The molecule has 0 fully saturated rings.